The average Bonchev–Trinajstić information content (AvgIpc) is 3.26. The Morgan fingerprint density at radius 2 is 1.84 bits per heavy atom. The minimum Gasteiger partial charge on any atom is -0.477 e. The van der Waals surface area contributed by atoms with Gasteiger partial charge in [-0.15, -0.1) is 0 Å². The fourth-order valence-corrected chi connectivity index (χ4v) is 3.50. The molecule has 4 aromatic rings. The van der Waals surface area contributed by atoms with Crippen molar-refractivity contribution in [1.29, 1.82) is 0 Å². The topological polar surface area (TPSA) is 68.9 Å². The van der Waals surface area contributed by atoms with Crippen LogP contribution in [0.15, 0.2) is 60.8 Å². The summed E-state index contributed by atoms with van der Waals surface area (Å²) in [6.45, 7) is 1.99. The van der Waals surface area contributed by atoms with E-state index in [2.05, 4.69) is 9.97 Å². The second-order valence-corrected chi connectivity index (χ2v) is 6.00. The van der Waals surface area contributed by atoms with Gasteiger partial charge in [0.25, 0.3) is 0 Å². The van der Waals surface area contributed by atoms with Crippen molar-refractivity contribution >= 4 is 16.9 Å². The van der Waals surface area contributed by atoms with Gasteiger partial charge in [0.05, 0.1) is 5.69 Å². The first kappa shape index (κ1) is 15.3. The summed E-state index contributed by atoms with van der Waals surface area (Å²) in [5.74, 6) is -0.929. The first-order chi connectivity index (χ1) is 12.2. The molecule has 0 aliphatic heterocycles. The number of rotatable bonds is 4. The number of nitrogens with one attached hydrogen (secondary N) is 2. The van der Waals surface area contributed by atoms with E-state index in [-0.39, 0.29) is 5.69 Å². The fourth-order valence-electron chi connectivity index (χ4n) is 3.50. The molecule has 3 N–H and O–H groups in total. The first-order valence-corrected chi connectivity index (χ1v) is 8.30. The highest BCUT2D eigenvalue weighted by molar-refractivity contribution is 6.02. The molecule has 0 spiro atoms. The average molecular weight is 330 g/mol. The van der Waals surface area contributed by atoms with Crippen molar-refractivity contribution in [2.24, 2.45) is 0 Å². The SMILES string of the molecule is CCc1c(C(=O)O)[nH]c(-c2cccc3[nH]ccc23)c1-c1ccccc1. The Balaban J connectivity index is 2.08. The van der Waals surface area contributed by atoms with Gasteiger partial charge in [-0.3, -0.25) is 0 Å². The van der Waals surface area contributed by atoms with Gasteiger partial charge < -0.3 is 15.1 Å². The molecule has 0 atom stereocenters. The van der Waals surface area contributed by atoms with Crippen LogP contribution in [0.3, 0.4) is 0 Å². The van der Waals surface area contributed by atoms with Crippen LogP contribution in [0.1, 0.15) is 23.0 Å². The minimum atomic E-state index is -0.929. The molecule has 25 heavy (non-hydrogen) atoms. The predicted octanol–water partition coefficient (Wildman–Crippen LogP) is 5.09. The molecule has 0 aliphatic rings. The summed E-state index contributed by atoms with van der Waals surface area (Å²) in [7, 11) is 0. The number of benzene rings is 2. The quantitative estimate of drug-likeness (QED) is 0.488. The zero-order chi connectivity index (χ0) is 17.4. The molecule has 0 bridgehead atoms. The molecule has 4 heteroatoms. The lowest BCUT2D eigenvalue weighted by Gasteiger charge is -2.08. The molecular weight excluding hydrogens is 312 g/mol. The van der Waals surface area contributed by atoms with Gasteiger partial charge in [0.15, 0.2) is 0 Å². The maximum absolute atomic E-state index is 11.8. The van der Waals surface area contributed by atoms with Crippen molar-refractivity contribution in [2.45, 2.75) is 13.3 Å². The molecule has 0 unspecified atom stereocenters. The van der Waals surface area contributed by atoms with Crippen LogP contribution in [0.4, 0.5) is 0 Å². The number of hydrogen-bond acceptors (Lipinski definition) is 1. The summed E-state index contributed by atoms with van der Waals surface area (Å²) in [5, 5.41) is 10.7. The van der Waals surface area contributed by atoms with Crippen molar-refractivity contribution in [2.75, 3.05) is 0 Å². The van der Waals surface area contributed by atoms with E-state index in [1.807, 2.05) is 67.7 Å². The molecule has 4 rings (SSSR count). The van der Waals surface area contributed by atoms with Crippen LogP contribution in [-0.4, -0.2) is 21.0 Å². The molecule has 2 aromatic heterocycles. The number of carbonyl (C=O) groups is 1. The second kappa shape index (κ2) is 5.98. The van der Waals surface area contributed by atoms with E-state index in [4.69, 9.17) is 0 Å². The van der Waals surface area contributed by atoms with Crippen LogP contribution in [0.5, 0.6) is 0 Å². The zero-order valence-corrected chi connectivity index (χ0v) is 13.8. The number of hydrogen-bond donors (Lipinski definition) is 3. The number of aromatic carboxylic acids is 1. The van der Waals surface area contributed by atoms with Gasteiger partial charge in [-0.1, -0.05) is 49.4 Å². The molecule has 0 aliphatic carbocycles. The normalized spacial score (nSPS) is 11.1. The van der Waals surface area contributed by atoms with Crippen molar-refractivity contribution in [1.82, 2.24) is 9.97 Å². The van der Waals surface area contributed by atoms with Crippen molar-refractivity contribution in [3.63, 3.8) is 0 Å². The van der Waals surface area contributed by atoms with E-state index >= 15 is 0 Å². The summed E-state index contributed by atoms with van der Waals surface area (Å²) >= 11 is 0. The largest absolute Gasteiger partial charge is 0.477 e. The number of fused-ring (bicyclic) bond motifs is 1. The third kappa shape index (κ3) is 2.43. The van der Waals surface area contributed by atoms with E-state index in [1.165, 1.54) is 0 Å². The van der Waals surface area contributed by atoms with Crippen LogP contribution in [0.2, 0.25) is 0 Å². The van der Waals surface area contributed by atoms with Crippen molar-refractivity contribution in [3.05, 3.63) is 72.1 Å². The molecule has 0 amide bonds. The molecule has 0 saturated carbocycles. The Kier molecular flexibility index (Phi) is 3.65. The molecule has 4 nitrogen and oxygen atoms in total. The smallest absolute Gasteiger partial charge is 0.352 e. The zero-order valence-electron chi connectivity index (χ0n) is 13.8. The number of aromatic amines is 2. The first-order valence-electron chi connectivity index (χ1n) is 8.30. The lowest BCUT2D eigenvalue weighted by molar-refractivity contribution is 0.0690. The van der Waals surface area contributed by atoms with Crippen LogP contribution in [-0.2, 0) is 6.42 Å². The summed E-state index contributed by atoms with van der Waals surface area (Å²) in [4.78, 5) is 18.2. The molecule has 0 radical (unpaired) electrons. The van der Waals surface area contributed by atoms with Crippen LogP contribution < -0.4 is 0 Å². The minimum absolute atomic E-state index is 0.267. The van der Waals surface area contributed by atoms with Crippen molar-refractivity contribution in [3.8, 4) is 22.4 Å². The molecule has 2 aromatic carbocycles. The Morgan fingerprint density at radius 3 is 2.56 bits per heavy atom. The Labute approximate surface area is 145 Å². The lowest BCUT2D eigenvalue weighted by Crippen LogP contribution is -2.00. The van der Waals surface area contributed by atoms with Gasteiger partial charge >= 0.3 is 5.97 Å². The third-order valence-electron chi connectivity index (χ3n) is 4.60. The third-order valence-corrected chi connectivity index (χ3v) is 4.60. The molecule has 124 valence electrons. The number of carboxylic acid groups (broad SMARTS) is 1. The maximum Gasteiger partial charge on any atom is 0.352 e. The highest BCUT2D eigenvalue weighted by Crippen LogP contribution is 2.39. The van der Waals surface area contributed by atoms with Gasteiger partial charge in [-0.05, 0) is 29.7 Å². The Morgan fingerprint density at radius 1 is 1.04 bits per heavy atom. The summed E-state index contributed by atoms with van der Waals surface area (Å²) in [6, 6.07) is 18.0. The summed E-state index contributed by atoms with van der Waals surface area (Å²) in [5.41, 5.74) is 5.97. The van der Waals surface area contributed by atoms with E-state index in [9.17, 15) is 9.90 Å². The monoisotopic (exact) mass is 330 g/mol. The van der Waals surface area contributed by atoms with Crippen LogP contribution in [0.25, 0.3) is 33.3 Å². The summed E-state index contributed by atoms with van der Waals surface area (Å²) in [6.07, 6.45) is 2.55. The van der Waals surface area contributed by atoms with Gasteiger partial charge in [-0.25, -0.2) is 4.79 Å². The van der Waals surface area contributed by atoms with Gasteiger partial charge in [0.1, 0.15) is 5.69 Å². The van der Waals surface area contributed by atoms with Crippen molar-refractivity contribution < 1.29 is 9.90 Å². The number of H-pyrrole nitrogens is 2. The fraction of sp³-hybridized carbons (Fsp3) is 0.0952. The Hall–Kier alpha value is -3.27. The molecule has 2 heterocycles. The van der Waals surface area contributed by atoms with Gasteiger partial charge in [-0.2, -0.15) is 0 Å². The molecular formula is C21H18N2O2. The summed E-state index contributed by atoms with van der Waals surface area (Å²) < 4.78 is 0. The highest BCUT2D eigenvalue weighted by atomic mass is 16.4. The van der Waals surface area contributed by atoms with E-state index < -0.39 is 5.97 Å². The highest BCUT2D eigenvalue weighted by Gasteiger charge is 2.23. The van der Waals surface area contributed by atoms with Gasteiger partial charge in [0.2, 0.25) is 0 Å². The Bertz CT molecular complexity index is 1060. The predicted molar refractivity (Wildman–Crippen MR) is 99.9 cm³/mol. The lowest BCUT2D eigenvalue weighted by atomic mass is 9.94. The number of carboxylic acids is 1. The van der Waals surface area contributed by atoms with E-state index in [0.29, 0.717) is 6.42 Å². The van der Waals surface area contributed by atoms with Crippen LogP contribution >= 0.6 is 0 Å². The molecule has 0 saturated heterocycles. The van der Waals surface area contributed by atoms with Gasteiger partial charge in [0, 0.05) is 28.2 Å². The standard InChI is InChI=1S/C21H18N2O2/c1-2-14-18(13-7-4-3-5-8-13)19(23-20(14)21(24)25)16-9-6-10-17-15(16)11-12-22-17/h3-12,22-23H,2H2,1H3,(H,24,25). The second-order valence-electron chi connectivity index (χ2n) is 6.00. The maximum atomic E-state index is 11.8. The van der Waals surface area contributed by atoms with E-state index in [0.717, 1.165) is 38.9 Å². The van der Waals surface area contributed by atoms with E-state index in [1.54, 1.807) is 0 Å². The number of aromatic nitrogens is 2. The van der Waals surface area contributed by atoms with Crippen LogP contribution in [0, 0.1) is 0 Å². The molecule has 0 fully saturated rings.